The largest absolute Gasteiger partial charge is 0.0617 e. The van der Waals surface area contributed by atoms with E-state index in [4.69, 9.17) is 0 Å². The Morgan fingerprint density at radius 1 is 0.522 bits per heavy atom. The molecule has 0 aliphatic rings. The molecule has 0 atom stereocenters. The maximum absolute atomic E-state index is 3.83. The zero-order valence-corrected chi connectivity index (χ0v) is 14.8. The second-order valence-electron chi connectivity index (χ2n) is 6.05. The van der Waals surface area contributed by atoms with Gasteiger partial charge in [0.25, 0.3) is 0 Å². The molecule has 0 nitrogen and oxygen atoms in total. The molecular weight excluding hydrogens is 344 g/mol. The molecule has 0 radical (unpaired) electrons. The van der Waals surface area contributed by atoms with Gasteiger partial charge < -0.3 is 0 Å². The van der Waals surface area contributed by atoms with Crippen LogP contribution in [0.15, 0.2) is 71.2 Å². The average molecular weight is 361 g/mol. The smallest absolute Gasteiger partial charge is 0.0332 e. The van der Waals surface area contributed by atoms with Crippen molar-refractivity contribution in [2.45, 2.75) is 13.8 Å². The number of fused-ring (bicyclic) bond motifs is 2. The van der Waals surface area contributed by atoms with E-state index in [1.54, 1.807) is 0 Å². The highest BCUT2D eigenvalue weighted by atomic mass is 79.9. The van der Waals surface area contributed by atoms with Crippen LogP contribution in [0.4, 0.5) is 0 Å². The van der Waals surface area contributed by atoms with E-state index in [0.717, 1.165) is 0 Å². The SMILES string of the molecule is Cc1cccc(C)c1-c1c2ccccc2c(Br)c2ccccc12. The van der Waals surface area contributed by atoms with Crippen LogP contribution in [-0.4, -0.2) is 0 Å². The summed E-state index contributed by atoms with van der Waals surface area (Å²) in [5, 5.41) is 5.14. The molecule has 0 saturated heterocycles. The fourth-order valence-corrected chi connectivity index (χ4v) is 4.24. The van der Waals surface area contributed by atoms with E-state index >= 15 is 0 Å². The van der Waals surface area contributed by atoms with E-state index in [-0.39, 0.29) is 0 Å². The Bertz CT molecular complexity index is 967. The van der Waals surface area contributed by atoms with Crippen molar-refractivity contribution in [2.75, 3.05) is 0 Å². The molecule has 0 aromatic heterocycles. The first kappa shape index (κ1) is 14.5. The summed E-state index contributed by atoms with van der Waals surface area (Å²) in [5.74, 6) is 0. The molecule has 1 heteroatoms. The van der Waals surface area contributed by atoms with Gasteiger partial charge in [-0.15, -0.1) is 0 Å². The maximum Gasteiger partial charge on any atom is 0.0332 e. The maximum atomic E-state index is 3.83. The molecule has 0 N–H and O–H groups in total. The Kier molecular flexibility index (Phi) is 3.46. The lowest BCUT2D eigenvalue weighted by molar-refractivity contribution is 1.39. The third kappa shape index (κ3) is 2.19. The summed E-state index contributed by atoms with van der Waals surface area (Å²) >= 11 is 3.83. The molecule has 0 aliphatic heterocycles. The van der Waals surface area contributed by atoms with Crippen molar-refractivity contribution in [1.82, 2.24) is 0 Å². The molecule has 0 aliphatic carbocycles. The molecule has 112 valence electrons. The van der Waals surface area contributed by atoms with Crippen LogP contribution in [0, 0.1) is 13.8 Å². The average Bonchev–Trinajstić information content (AvgIpc) is 2.57. The van der Waals surface area contributed by atoms with Crippen LogP contribution < -0.4 is 0 Å². The topological polar surface area (TPSA) is 0 Å². The highest BCUT2D eigenvalue weighted by molar-refractivity contribution is 9.10. The van der Waals surface area contributed by atoms with E-state index in [9.17, 15) is 0 Å². The third-order valence-corrected chi connectivity index (χ3v) is 5.45. The van der Waals surface area contributed by atoms with Crippen molar-refractivity contribution in [3.05, 3.63) is 82.3 Å². The van der Waals surface area contributed by atoms with E-state index in [1.807, 2.05) is 0 Å². The number of hydrogen-bond acceptors (Lipinski definition) is 0. The Labute approximate surface area is 144 Å². The Morgan fingerprint density at radius 2 is 0.957 bits per heavy atom. The van der Waals surface area contributed by atoms with Gasteiger partial charge in [-0.2, -0.15) is 0 Å². The Morgan fingerprint density at radius 3 is 1.43 bits per heavy atom. The second kappa shape index (κ2) is 5.50. The van der Waals surface area contributed by atoms with Gasteiger partial charge in [-0.05, 0) is 73.6 Å². The minimum absolute atomic E-state index is 1.18. The lowest BCUT2D eigenvalue weighted by atomic mass is 9.88. The molecule has 23 heavy (non-hydrogen) atoms. The number of rotatable bonds is 1. The molecule has 4 aromatic carbocycles. The van der Waals surface area contributed by atoms with Crippen LogP contribution in [0.1, 0.15) is 11.1 Å². The van der Waals surface area contributed by atoms with Gasteiger partial charge in [-0.3, -0.25) is 0 Å². The summed E-state index contributed by atoms with van der Waals surface area (Å²) in [7, 11) is 0. The van der Waals surface area contributed by atoms with Crippen LogP contribution >= 0.6 is 15.9 Å². The van der Waals surface area contributed by atoms with Crippen molar-refractivity contribution >= 4 is 37.5 Å². The minimum atomic E-state index is 1.18. The Hall–Kier alpha value is -2.12. The highest BCUT2D eigenvalue weighted by Gasteiger charge is 2.16. The molecule has 0 spiro atoms. The van der Waals surface area contributed by atoms with E-state index < -0.39 is 0 Å². The lowest BCUT2D eigenvalue weighted by Crippen LogP contribution is -1.92. The van der Waals surface area contributed by atoms with Gasteiger partial charge in [0.15, 0.2) is 0 Å². The summed E-state index contributed by atoms with van der Waals surface area (Å²) in [6.45, 7) is 4.40. The first-order valence-electron chi connectivity index (χ1n) is 7.84. The highest BCUT2D eigenvalue weighted by Crippen LogP contribution is 2.43. The number of benzene rings is 4. The van der Waals surface area contributed by atoms with E-state index in [2.05, 4.69) is 96.5 Å². The van der Waals surface area contributed by atoms with E-state index in [1.165, 1.54) is 48.3 Å². The van der Waals surface area contributed by atoms with Gasteiger partial charge >= 0.3 is 0 Å². The fourth-order valence-electron chi connectivity index (χ4n) is 3.55. The summed E-state index contributed by atoms with van der Waals surface area (Å²) in [5.41, 5.74) is 5.34. The van der Waals surface area contributed by atoms with Gasteiger partial charge in [0.2, 0.25) is 0 Å². The summed E-state index contributed by atoms with van der Waals surface area (Å²) in [6.07, 6.45) is 0. The zero-order valence-electron chi connectivity index (χ0n) is 13.2. The van der Waals surface area contributed by atoms with Crippen molar-refractivity contribution in [1.29, 1.82) is 0 Å². The zero-order chi connectivity index (χ0) is 16.0. The van der Waals surface area contributed by atoms with Crippen LogP contribution in [0.5, 0.6) is 0 Å². The van der Waals surface area contributed by atoms with Gasteiger partial charge in [-0.25, -0.2) is 0 Å². The van der Waals surface area contributed by atoms with Crippen molar-refractivity contribution in [3.8, 4) is 11.1 Å². The van der Waals surface area contributed by atoms with Crippen LogP contribution in [-0.2, 0) is 0 Å². The molecule has 0 heterocycles. The predicted octanol–water partition coefficient (Wildman–Crippen LogP) is 7.04. The standard InChI is InChI=1S/C22H17Br/c1-14-8-7-9-15(2)20(14)21-16-10-3-5-12-18(16)22(23)19-13-6-4-11-17(19)21/h3-13H,1-2H3. The first-order valence-corrected chi connectivity index (χ1v) is 8.63. The minimum Gasteiger partial charge on any atom is -0.0617 e. The molecule has 0 amide bonds. The predicted molar refractivity (Wildman–Crippen MR) is 104 cm³/mol. The monoisotopic (exact) mass is 360 g/mol. The summed E-state index contributed by atoms with van der Waals surface area (Å²) in [4.78, 5) is 0. The molecule has 0 fully saturated rings. The first-order chi connectivity index (χ1) is 11.2. The van der Waals surface area contributed by atoms with Crippen molar-refractivity contribution < 1.29 is 0 Å². The van der Waals surface area contributed by atoms with Gasteiger partial charge in [0, 0.05) is 4.47 Å². The molecule has 4 aromatic rings. The second-order valence-corrected chi connectivity index (χ2v) is 6.84. The molecule has 4 rings (SSSR count). The Balaban J connectivity index is 2.31. The van der Waals surface area contributed by atoms with Gasteiger partial charge in [-0.1, -0.05) is 66.7 Å². The van der Waals surface area contributed by atoms with Crippen molar-refractivity contribution in [2.24, 2.45) is 0 Å². The third-order valence-electron chi connectivity index (χ3n) is 4.60. The molecular formula is C22H17Br. The quantitative estimate of drug-likeness (QED) is 0.319. The van der Waals surface area contributed by atoms with Gasteiger partial charge in [0.1, 0.15) is 0 Å². The fraction of sp³-hybridized carbons (Fsp3) is 0.0909. The van der Waals surface area contributed by atoms with E-state index in [0.29, 0.717) is 0 Å². The molecule has 0 unspecified atom stereocenters. The van der Waals surface area contributed by atoms with Crippen molar-refractivity contribution in [3.63, 3.8) is 0 Å². The summed E-state index contributed by atoms with van der Waals surface area (Å²) in [6, 6.07) is 23.9. The lowest BCUT2D eigenvalue weighted by Gasteiger charge is -2.17. The normalized spacial score (nSPS) is 11.3. The number of hydrogen-bond donors (Lipinski definition) is 0. The summed E-state index contributed by atoms with van der Waals surface area (Å²) < 4.78 is 1.18. The van der Waals surface area contributed by atoms with Crippen LogP contribution in [0.3, 0.4) is 0 Å². The molecule has 0 saturated carbocycles. The van der Waals surface area contributed by atoms with Crippen LogP contribution in [0.2, 0.25) is 0 Å². The number of halogens is 1. The van der Waals surface area contributed by atoms with Gasteiger partial charge in [0.05, 0.1) is 0 Å². The van der Waals surface area contributed by atoms with Crippen LogP contribution in [0.25, 0.3) is 32.7 Å². The number of aryl methyl sites for hydroxylation is 2. The molecule has 0 bridgehead atoms.